The number of aliphatic hydroxyl groups excluding tert-OH is 2. The van der Waals surface area contributed by atoms with Crippen molar-refractivity contribution in [3.63, 3.8) is 0 Å². The summed E-state index contributed by atoms with van der Waals surface area (Å²) in [7, 11) is 0. The standard InChI is InChI=1S/C30H42N2O10/c1-17-7-5-9-27(35)31-19(3)30(38)40-16-26-22(34)12-14-24(42-26)18(2)8-6-10-28(36)32-20(4)29(37)39-15-25-21(33)11-13-23(17)41-25/h5-8,11-14,17-26,33-34H,9-10,15-16H2,1-4H3,(H,31,35)(H,32,36)/b7-5+,8-6+/t17-,18-,19-,20+,21-,22-,23-,24-,25+,26+/m0/s1. The van der Waals surface area contributed by atoms with Crippen LogP contribution in [-0.2, 0) is 38.1 Å². The van der Waals surface area contributed by atoms with Crippen molar-refractivity contribution in [2.45, 2.75) is 89.2 Å². The highest BCUT2D eigenvalue weighted by atomic mass is 16.6. The Morgan fingerprint density at radius 2 is 1.00 bits per heavy atom. The first-order chi connectivity index (χ1) is 19.9. The van der Waals surface area contributed by atoms with Crippen molar-refractivity contribution >= 4 is 23.8 Å². The molecule has 42 heavy (non-hydrogen) atoms. The molecule has 10 atom stereocenters. The monoisotopic (exact) mass is 590 g/mol. The zero-order valence-electron chi connectivity index (χ0n) is 24.4. The molecule has 0 unspecified atom stereocenters. The van der Waals surface area contributed by atoms with Gasteiger partial charge in [0.2, 0.25) is 11.8 Å². The van der Waals surface area contributed by atoms with E-state index in [1.54, 1.807) is 48.6 Å². The van der Waals surface area contributed by atoms with Gasteiger partial charge in [0.15, 0.2) is 0 Å². The minimum absolute atomic E-state index is 0.00794. The SMILES string of the molecule is C[C@@H]1NC(=O)C/C=C/[C@H](C)[C@@H]2C=C[C@H](O)[C@@H](COC(=O)[C@@H](C)NC(=O)C/C=C/[C@H](C)[C@@H]3C=C[C@H](O)[C@@H](COC1=O)O3)O2. The summed E-state index contributed by atoms with van der Waals surface area (Å²) in [6.45, 7) is 6.32. The Morgan fingerprint density at radius 1 is 0.619 bits per heavy atom. The molecule has 3 aliphatic heterocycles. The maximum absolute atomic E-state index is 12.5. The highest BCUT2D eigenvalue weighted by Crippen LogP contribution is 2.22. The quantitative estimate of drug-likeness (QED) is 0.232. The van der Waals surface area contributed by atoms with Crippen molar-refractivity contribution in [3.05, 3.63) is 48.6 Å². The van der Waals surface area contributed by atoms with Crippen LogP contribution in [0.4, 0.5) is 0 Å². The van der Waals surface area contributed by atoms with Gasteiger partial charge in [-0.05, 0) is 13.8 Å². The second-order valence-electron chi connectivity index (χ2n) is 10.9. The van der Waals surface area contributed by atoms with Crippen LogP contribution in [0.2, 0.25) is 0 Å². The largest absolute Gasteiger partial charge is 0.461 e. The van der Waals surface area contributed by atoms with Gasteiger partial charge in [-0.25, -0.2) is 9.59 Å². The summed E-state index contributed by atoms with van der Waals surface area (Å²) in [6.07, 6.45) is 8.95. The summed E-state index contributed by atoms with van der Waals surface area (Å²) in [4.78, 5) is 49.8. The lowest BCUT2D eigenvalue weighted by Crippen LogP contribution is -2.44. The Labute approximate surface area is 245 Å². The zero-order chi connectivity index (χ0) is 30.8. The van der Waals surface area contributed by atoms with Crippen LogP contribution in [0.3, 0.4) is 0 Å². The van der Waals surface area contributed by atoms with Crippen LogP contribution in [0.1, 0.15) is 40.5 Å². The first kappa shape index (κ1) is 33.2. The van der Waals surface area contributed by atoms with Gasteiger partial charge in [0.05, 0.1) is 12.2 Å². The molecular weight excluding hydrogens is 548 g/mol. The third-order valence-corrected chi connectivity index (χ3v) is 7.19. The molecule has 4 N–H and O–H groups in total. The lowest BCUT2D eigenvalue weighted by atomic mass is 9.99. The predicted molar refractivity (Wildman–Crippen MR) is 151 cm³/mol. The number of fused-ring (bicyclic) bond motifs is 4. The number of aliphatic hydroxyl groups is 2. The fraction of sp³-hybridized carbons (Fsp3) is 0.600. The number of nitrogens with one attached hydrogen (secondary N) is 2. The van der Waals surface area contributed by atoms with Gasteiger partial charge in [0.1, 0.15) is 49.7 Å². The molecule has 4 bridgehead atoms. The lowest BCUT2D eigenvalue weighted by molar-refractivity contribution is -0.157. The maximum atomic E-state index is 12.5. The highest BCUT2D eigenvalue weighted by Gasteiger charge is 2.31. The van der Waals surface area contributed by atoms with Crippen molar-refractivity contribution in [1.29, 1.82) is 0 Å². The van der Waals surface area contributed by atoms with E-state index >= 15 is 0 Å². The van der Waals surface area contributed by atoms with Crippen LogP contribution >= 0.6 is 0 Å². The average Bonchev–Trinajstić information content (AvgIpc) is 2.95. The summed E-state index contributed by atoms with van der Waals surface area (Å²) in [5.41, 5.74) is 0. The van der Waals surface area contributed by atoms with E-state index in [0.29, 0.717) is 0 Å². The Kier molecular flexibility index (Phi) is 12.5. The predicted octanol–water partition coefficient (Wildman–Crippen LogP) is 0.630. The van der Waals surface area contributed by atoms with E-state index in [2.05, 4.69) is 10.6 Å². The van der Waals surface area contributed by atoms with Crippen molar-refractivity contribution in [2.75, 3.05) is 13.2 Å². The highest BCUT2D eigenvalue weighted by molar-refractivity contribution is 5.85. The van der Waals surface area contributed by atoms with Gasteiger partial charge >= 0.3 is 11.9 Å². The van der Waals surface area contributed by atoms with Gasteiger partial charge in [-0.15, -0.1) is 0 Å². The van der Waals surface area contributed by atoms with E-state index in [0.717, 1.165) is 0 Å². The summed E-state index contributed by atoms with van der Waals surface area (Å²) in [5.74, 6) is -2.47. The van der Waals surface area contributed by atoms with Gasteiger partial charge < -0.3 is 39.8 Å². The van der Waals surface area contributed by atoms with Crippen LogP contribution < -0.4 is 10.6 Å². The summed E-state index contributed by atoms with van der Waals surface area (Å²) in [6, 6.07) is -1.83. The Balaban J connectivity index is 1.70. The molecule has 0 aromatic rings. The molecule has 0 spiro atoms. The lowest BCUT2D eigenvalue weighted by Gasteiger charge is -2.32. The number of ether oxygens (including phenoxy) is 4. The van der Waals surface area contributed by atoms with Gasteiger partial charge in [0, 0.05) is 24.7 Å². The fourth-order valence-corrected chi connectivity index (χ4v) is 4.52. The maximum Gasteiger partial charge on any atom is 0.328 e. The van der Waals surface area contributed by atoms with E-state index < -0.39 is 60.6 Å². The fourth-order valence-electron chi connectivity index (χ4n) is 4.52. The smallest absolute Gasteiger partial charge is 0.328 e. The van der Waals surface area contributed by atoms with E-state index in [4.69, 9.17) is 18.9 Å². The van der Waals surface area contributed by atoms with Crippen LogP contribution in [0.15, 0.2) is 48.6 Å². The van der Waals surface area contributed by atoms with E-state index in [1.165, 1.54) is 13.8 Å². The van der Waals surface area contributed by atoms with Crippen molar-refractivity contribution in [3.8, 4) is 0 Å². The summed E-state index contributed by atoms with van der Waals surface area (Å²) < 4.78 is 22.5. The van der Waals surface area contributed by atoms with Crippen molar-refractivity contribution in [1.82, 2.24) is 10.6 Å². The minimum atomic E-state index is -0.984. The van der Waals surface area contributed by atoms with E-state index in [9.17, 15) is 29.4 Å². The summed E-state index contributed by atoms with van der Waals surface area (Å²) in [5, 5.41) is 25.8. The second kappa shape index (κ2) is 15.8. The second-order valence-corrected chi connectivity index (χ2v) is 10.9. The molecule has 12 heteroatoms. The molecule has 0 radical (unpaired) electrons. The zero-order valence-corrected chi connectivity index (χ0v) is 24.4. The van der Waals surface area contributed by atoms with Crippen molar-refractivity contribution in [2.24, 2.45) is 11.8 Å². The van der Waals surface area contributed by atoms with E-state index in [1.807, 2.05) is 13.8 Å². The first-order valence-corrected chi connectivity index (χ1v) is 14.2. The molecule has 0 fully saturated rings. The van der Waals surface area contributed by atoms with Gasteiger partial charge in [-0.1, -0.05) is 62.5 Å². The molecule has 0 aromatic carbocycles. The third kappa shape index (κ3) is 9.90. The number of hydrogen-bond donors (Lipinski definition) is 4. The molecule has 0 saturated heterocycles. The summed E-state index contributed by atoms with van der Waals surface area (Å²) >= 11 is 0. The molecule has 3 rings (SSSR count). The van der Waals surface area contributed by atoms with E-state index in [-0.39, 0.29) is 49.7 Å². The van der Waals surface area contributed by atoms with Crippen LogP contribution in [0.25, 0.3) is 0 Å². The molecule has 3 aliphatic rings. The topological polar surface area (TPSA) is 170 Å². The molecular formula is C30H42N2O10. The number of rotatable bonds is 0. The third-order valence-electron chi connectivity index (χ3n) is 7.19. The van der Waals surface area contributed by atoms with Gasteiger partial charge in [-0.2, -0.15) is 0 Å². The molecule has 3 heterocycles. The Hall–Kier alpha value is -3.32. The molecule has 2 amide bonds. The molecule has 232 valence electrons. The number of hydrogen-bond acceptors (Lipinski definition) is 10. The molecule has 0 aliphatic carbocycles. The molecule has 12 nitrogen and oxygen atoms in total. The Morgan fingerprint density at radius 3 is 1.38 bits per heavy atom. The number of esters is 2. The first-order valence-electron chi connectivity index (χ1n) is 14.2. The average molecular weight is 591 g/mol. The van der Waals surface area contributed by atoms with Gasteiger partial charge in [0.25, 0.3) is 0 Å². The van der Waals surface area contributed by atoms with Gasteiger partial charge in [-0.3, -0.25) is 9.59 Å². The van der Waals surface area contributed by atoms with Crippen LogP contribution in [0.5, 0.6) is 0 Å². The molecule has 0 aromatic heterocycles. The minimum Gasteiger partial charge on any atom is -0.461 e. The number of carbonyl (C=O) groups excluding carboxylic acids is 4. The number of cyclic esters (lactones) is 2. The van der Waals surface area contributed by atoms with Crippen molar-refractivity contribution < 1.29 is 48.3 Å². The van der Waals surface area contributed by atoms with Crippen LogP contribution in [0, 0.1) is 11.8 Å². The number of amides is 2. The number of carbonyl (C=O) groups is 4. The normalized spacial score (nSPS) is 39.3. The van der Waals surface area contributed by atoms with Crippen LogP contribution in [-0.4, -0.2) is 95.9 Å². The Bertz CT molecular complexity index is 1000. The molecule has 0 saturated carbocycles.